The number of fused-ring (bicyclic) bond motifs is 5. The van der Waals surface area contributed by atoms with Gasteiger partial charge in [0.15, 0.2) is 0 Å². The third kappa shape index (κ3) is 5.10. The molecule has 2 bridgehead atoms. The van der Waals surface area contributed by atoms with E-state index < -0.39 is 5.82 Å². The molecule has 0 radical (unpaired) electrons. The molecule has 0 aliphatic carbocycles. The summed E-state index contributed by atoms with van der Waals surface area (Å²) in [5.41, 5.74) is 5.03. The van der Waals surface area contributed by atoms with Crippen molar-refractivity contribution in [2.45, 2.75) is 50.4 Å². The van der Waals surface area contributed by atoms with Crippen LogP contribution in [0.1, 0.15) is 52.7 Å². The standard InChI is InChI=1S/C34H32ClFN6O2/c1-37-23-15-24-11-12-25(16-23)42(24)33(43)19-6-9-22(10-7-19)40-34-39-18-20-17-38-32(30-28(36)4-3-5-29(30)44-2)27-14-21(35)8-13-26(27)31(20)41-34/h3-10,13-14,18,23-25,37H,11-12,15-17H2,1-2H3,(H,39,40,41). The Bertz CT molecular complexity index is 1760. The van der Waals surface area contributed by atoms with Crippen molar-refractivity contribution in [3.63, 3.8) is 0 Å². The third-order valence-electron chi connectivity index (χ3n) is 8.96. The second-order valence-corrected chi connectivity index (χ2v) is 11.9. The quantitative estimate of drug-likeness (QED) is 0.263. The van der Waals surface area contributed by atoms with Crippen LogP contribution >= 0.6 is 11.6 Å². The van der Waals surface area contributed by atoms with Gasteiger partial charge in [-0.1, -0.05) is 23.7 Å². The Kier molecular flexibility index (Phi) is 7.52. The fraction of sp³-hybridized carbons (Fsp3) is 0.294. The van der Waals surface area contributed by atoms with Gasteiger partial charge in [-0.15, -0.1) is 0 Å². The number of halogens is 2. The zero-order valence-corrected chi connectivity index (χ0v) is 25.2. The summed E-state index contributed by atoms with van der Waals surface area (Å²) in [5, 5.41) is 7.16. The van der Waals surface area contributed by atoms with Crippen LogP contribution in [0.2, 0.25) is 5.02 Å². The lowest BCUT2D eigenvalue weighted by Gasteiger charge is -2.39. The highest BCUT2D eigenvalue weighted by atomic mass is 35.5. The highest BCUT2D eigenvalue weighted by Gasteiger charge is 2.43. The predicted molar refractivity (Wildman–Crippen MR) is 170 cm³/mol. The molecule has 2 saturated heterocycles. The van der Waals surface area contributed by atoms with Crippen molar-refractivity contribution in [1.29, 1.82) is 0 Å². The van der Waals surface area contributed by atoms with Crippen molar-refractivity contribution in [1.82, 2.24) is 20.2 Å². The zero-order chi connectivity index (χ0) is 30.4. The van der Waals surface area contributed by atoms with Crippen molar-refractivity contribution >= 4 is 34.9 Å². The van der Waals surface area contributed by atoms with Gasteiger partial charge >= 0.3 is 0 Å². The molecule has 8 nitrogen and oxygen atoms in total. The SMILES string of the molecule is CNC1CC2CCC(C1)N2C(=O)c1ccc(Nc2ncc3c(n2)-c2ccc(Cl)cc2C(c2c(F)cccc2OC)=NC3)cc1. The molecule has 224 valence electrons. The molecule has 3 aliphatic rings. The van der Waals surface area contributed by atoms with E-state index in [1.54, 1.807) is 30.5 Å². The number of ether oxygens (including phenoxy) is 1. The lowest BCUT2D eigenvalue weighted by molar-refractivity contribution is 0.0560. The molecule has 2 fully saturated rings. The maximum Gasteiger partial charge on any atom is 0.254 e. The van der Waals surface area contributed by atoms with E-state index in [9.17, 15) is 4.79 Å². The van der Waals surface area contributed by atoms with E-state index in [-0.39, 0.29) is 18.0 Å². The summed E-state index contributed by atoms with van der Waals surface area (Å²) in [7, 11) is 3.51. The molecule has 2 unspecified atom stereocenters. The lowest BCUT2D eigenvalue weighted by Crippen LogP contribution is -2.50. The summed E-state index contributed by atoms with van der Waals surface area (Å²) in [4.78, 5) is 29.8. The van der Waals surface area contributed by atoms with Crippen LogP contribution in [-0.2, 0) is 6.54 Å². The maximum atomic E-state index is 15.2. The molecule has 1 amide bonds. The van der Waals surface area contributed by atoms with E-state index >= 15 is 4.39 Å². The Morgan fingerprint density at radius 2 is 1.82 bits per heavy atom. The first kappa shape index (κ1) is 28.4. The number of benzene rings is 3. The van der Waals surface area contributed by atoms with E-state index in [1.807, 2.05) is 37.4 Å². The predicted octanol–water partition coefficient (Wildman–Crippen LogP) is 6.39. The molecule has 7 rings (SSSR count). The van der Waals surface area contributed by atoms with E-state index in [4.69, 9.17) is 26.3 Å². The molecule has 3 aliphatic heterocycles. The molecule has 4 aromatic rings. The summed E-state index contributed by atoms with van der Waals surface area (Å²) >= 11 is 6.42. The number of piperidine rings is 1. The van der Waals surface area contributed by atoms with Crippen molar-refractivity contribution in [2.24, 2.45) is 4.99 Å². The van der Waals surface area contributed by atoms with Gasteiger partial charge in [0.2, 0.25) is 5.95 Å². The fourth-order valence-corrected chi connectivity index (χ4v) is 6.99. The zero-order valence-electron chi connectivity index (χ0n) is 24.5. The van der Waals surface area contributed by atoms with Crippen molar-refractivity contribution in [3.8, 4) is 17.0 Å². The number of nitrogens with zero attached hydrogens (tertiary/aromatic N) is 4. The molecule has 1 aromatic heterocycles. The molecule has 4 heterocycles. The summed E-state index contributed by atoms with van der Waals surface area (Å²) in [6.07, 6.45) is 5.88. The van der Waals surface area contributed by atoms with E-state index in [0.717, 1.165) is 42.5 Å². The number of amides is 1. The average Bonchev–Trinajstić information content (AvgIpc) is 3.21. The highest BCUT2D eigenvalue weighted by molar-refractivity contribution is 6.31. The first-order valence-corrected chi connectivity index (χ1v) is 15.2. The van der Waals surface area contributed by atoms with Crippen LogP contribution in [0.4, 0.5) is 16.0 Å². The van der Waals surface area contributed by atoms with E-state index in [2.05, 4.69) is 20.5 Å². The van der Waals surface area contributed by atoms with Crippen molar-refractivity contribution < 1.29 is 13.9 Å². The minimum atomic E-state index is -0.439. The Labute approximate surface area is 260 Å². The average molecular weight is 611 g/mol. The smallest absolute Gasteiger partial charge is 0.254 e. The largest absolute Gasteiger partial charge is 0.496 e. The molecule has 10 heteroatoms. The number of rotatable bonds is 6. The molecule has 3 aromatic carbocycles. The minimum absolute atomic E-state index is 0.0949. The van der Waals surface area contributed by atoms with Crippen LogP contribution in [0.25, 0.3) is 11.3 Å². The molecule has 44 heavy (non-hydrogen) atoms. The van der Waals surface area contributed by atoms with Gasteiger partial charge in [0.1, 0.15) is 11.6 Å². The Morgan fingerprint density at radius 1 is 1.05 bits per heavy atom. The number of anilines is 2. The minimum Gasteiger partial charge on any atom is -0.496 e. The van der Waals surface area contributed by atoms with Gasteiger partial charge in [-0.05, 0) is 81.3 Å². The number of nitrogens with one attached hydrogen (secondary N) is 2. The highest BCUT2D eigenvalue weighted by Crippen LogP contribution is 2.38. The van der Waals surface area contributed by atoms with Gasteiger partial charge in [-0.25, -0.2) is 14.4 Å². The van der Waals surface area contributed by atoms with Crippen molar-refractivity contribution in [2.75, 3.05) is 19.5 Å². The second kappa shape index (κ2) is 11.6. The topological polar surface area (TPSA) is 91.7 Å². The Morgan fingerprint density at radius 3 is 2.55 bits per heavy atom. The number of hydrogen-bond acceptors (Lipinski definition) is 7. The number of carbonyl (C=O) groups is 1. The van der Waals surface area contributed by atoms with Gasteiger partial charge in [-0.2, -0.15) is 0 Å². The summed E-state index contributed by atoms with van der Waals surface area (Å²) in [6, 6.07) is 18.7. The second-order valence-electron chi connectivity index (χ2n) is 11.5. The summed E-state index contributed by atoms with van der Waals surface area (Å²) < 4.78 is 20.7. The van der Waals surface area contributed by atoms with Gasteiger partial charge in [0, 0.05) is 57.3 Å². The summed E-state index contributed by atoms with van der Waals surface area (Å²) in [5.74, 6) is 0.428. The number of carbonyl (C=O) groups excluding carboxylic acids is 1. The maximum absolute atomic E-state index is 15.2. The Balaban J connectivity index is 1.16. The van der Waals surface area contributed by atoms with E-state index in [0.29, 0.717) is 57.4 Å². The number of hydrogen-bond donors (Lipinski definition) is 2. The molecular weight excluding hydrogens is 579 g/mol. The van der Waals surface area contributed by atoms with Gasteiger partial charge in [0.25, 0.3) is 5.91 Å². The van der Waals surface area contributed by atoms with Crippen molar-refractivity contribution in [3.05, 3.63) is 100.0 Å². The van der Waals surface area contributed by atoms with Gasteiger partial charge in [-0.3, -0.25) is 9.79 Å². The summed E-state index contributed by atoms with van der Waals surface area (Å²) in [6.45, 7) is 0.249. The van der Waals surface area contributed by atoms with Gasteiger partial charge < -0.3 is 20.3 Å². The molecule has 0 spiro atoms. The van der Waals surface area contributed by atoms with Crippen LogP contribution in [0, 0.1) is 5.82 Å². The molecule has 2 N–H and O–H groups in total. The molecule has 0 saturated carbocycles. The van der Waals surface area contributed by atoms with Crippen LogP contribution in [0.3, 0.4) is 0 Å². The van der Waals surface area contributed by atoms with Crippen LogP contribution < -0.4 is 15.4 Å². The number of aromatic nitrogens is 2. The third-order valence-corrected chi connectivity index (χ3v) is 9.19. The number of aliphatic imine (C=N–C) groups is 1. The first-order valence-electron chi connectivity index (χ1n) is 14.8. The molecule has 2 atom stereocenters. The monoisotopic (exact) mass is 610 g/mol. The first-order chi connectivity index (χ1) is 21.4. The van der Waals surface area contributed by atoms with E-state index in [1.165, 1.54) is 13.2 Å². The lowest BCUT2D eigenvalue weighted by atomic mass is 9.94. The van der Waals surface area contributed by atoms with Crippen LogP contribution in [-0.4, -0.2) is 58.8 Å². The van der Waals surface area contributed by atoms with Crippen LogP contribution in [0.15, 0.2) is 71.9 Å². The number of methoxy groups -OCH3 is 1. The Hall–Kier alpha value is -4.34. The molecular formula is C34H32ClFN6O2. The van der Waals surface area contributed by atoms with Gasteiger partial charge in [0.05, 0.1) is 30.6 Å². The van der Waals surface area contributed by atoms with Crippen LogP contribution in [0.5, 0.6) is 5.75 Å². The normalized spacial score (nSPS) is 20.3. The fourth-order valence-electron chi connectivity index (χ4n) is 6.82.